The van der Waals surface area contributed by atoms with E-state index in [4.69, 9.17) is 28.4 Å². The number of hydrogen-bond acceptors (Lipinski definition) is 13. The highest BCUT2D eigenvalue weighted by atomic mass is 16.7. The van der Waals surface area contributed by atoms with Crippen LogP contribution in [0.4, 0.5) is 0 Å². The van der Waals surface area contributed by atoms with Gasteiger partial charge in [-0.1, -0.05) is 55.4 Å². The summed E-state index contributed by atoms with van der Waals surface area (Å²) in [6.07, 6.45) is -3.49. The lowest BCUT2D eigenvalue weighted by molar-refractivity contribution is -0.241. The normalized spacial score (nSPS) is 26.6. The molecule has 0 bridgehead atoms. The Morgan fingerprint density at radius 2 is 1.40 bits per heavy atom. The first kappa shape index (κ1) is 38.0. The van der Waals surface area contributed by atoms with Crippen LogP contribution < -0.4 is 0 Å². The van der Waals surface area contributed by atoms with Crippen molar-refractivity contribution in [1.82, 2.24) is 0 Å². The van der Waals surface area contributed by atoms with Crippen LogP contribution in [0.2, 0.25) is 0 Å². The second-order valence-electron chi connectivity index (χ2n) is 13.5. The molecule has 0 aromatic carbocycles. The van der Waals surface area contributed by atoms with Crippen LogP contribution in [-0.4, -0.2) is 83.0 Å². The molecular weight excluding hydrogens is 592 g/mol. The molecular formula is C32H50O13. The highest BCUT2D eigenvalue weighted by molar-refractivity contribution is 5.80. The van der Waals surface area contributed by atoms with Gasteiger partial charge in [0.15, 0.2) is 0 Å². The van der Waals surface area contributed by atoms with Gasteiger partial charge in [-0.2, -0.15) is 0 Å². The molecule has 1 fully saturated rings. The molecule has 0 radical (unpaired) electrons. The summed E-state index contributed by atoms with van der Waals surface area (Å²) in [4.78, 5) is 62.6. The van der Waals surface area contributed by atoms with Crippen LogP contribution in [0.3, 0.4) is 0 Å². The molecule has 0 amide bonds. The molecule has 0 saturated heterocycles. The first-order valence-electron chi connectivity index (χ1n) is 15.5. The quantitative estimate of drug-likeness (QED) is 0.197. The van der Waals surface area contributed by atoms with Gasteiger partial charge in [-0.25, -0.2) is 4.79 Å². The molecule has 13 nitrogen and oxygen atoms in total. The van der Waals surface area contributed by atoms with Crippen molar-refractivity contribution in [3.8, 4) is 0 Å². The van der Waals surface area contributed by atoms with Crippen molar-refractivity contribution in [3.05, 3.63) is 11.8 Å². The summed E-state index contributed by atoms with van der Waals surface area (Å²) in [6, 6.07) is 0. The second kappa shape index (κ2) is 15.9. The number of rotatable bonds is 15. The van der Waals surface area contributed by atoms with E-state index in [0.717, 1.165) is 13.2 Å². The predicted molar refractivity (Wildman–Crippen MR) is 158 cm³/mol. The van der Waals surface area contributed by atoms with E-state index in [0.29, 0.717) is 0 Å². The molecule has 45 heavy (non-hydrogen) atoms. The number of carbonyl (C=O) groups excluding carboxylic acids is 5. The Hall–Kier alpha value is -3.19. The third kappa shape index (κ3) is 10.2. The van der Waals surface area contributed by atoms with Crippen molar-refractivity contribution in [2.75, 3.05) is 13.2 Å². The molecule has 2 N–H and O–H groups in total. The van der Waals surface area contributed by atoms with E-state index in [9.17, 15) is 34.2 Å². The van der Waals surface area contributed by atoms with E-state index in [1.54, 1.807) is 41.5 Å². The van der Waals surface area contributed by atoms with Crippen LogP contribution >= 0.6 is 0 Å². The predicted octanol–water partition coefficient (Wildman–Crippen LogP) is 2.98. The Bertz CT molecular complexity index is 1110. The SMILES string of the molecule is CC(=O)O[C@H]1C[C@@]2(O)C(COC(=O)C(OC(=O)CC(C)C)C(C)C)=CO[C@@H](OC(=O)CC(C)C)C2[C@@]1(O)COC(=O)CC(C)C. The molecule has 0 aromatic rings. The maximum absolute atomic E-state index is 13.1. The van der Waals surface area contributed by atoms with E-state index < -0.39 is 91.0 Å². The van der Waals surface area contributed by atoms with E-state index in [-0.39, 0.29) is 42.6 Å². The lowest BCUT2D eigenvalue weighted by atomic mass is 9.77. The fourth-order valence-corrected chi connectivity index (χ4v) is 5.41. The smallest absolute Gasteiger partial charge is 0.348 e. The molecule has 13 heteroatoms. The van der Waals surface area contributed by atoms with E-state index in [1.807, 2.05) is 13.8 Å². The number of aliphatic hydroxyl groups is 2. The minimum atomic E-state index is -2.29. The average molecular weight is 643 g/mol. The Labute approximate surface area is 264 Å². The zero-order chi connectivity index (χ0) is 34.3. The van der Waals surface area contributed by atoms with Crippen LogP contribution in [-0.2, 0) is 52.4 Å². The summed E-state index contributed by atoms with van der Waals surface area (Å²) in [7, 11) is 0. The van der Waals surface area contributed by atoms with Crippen molar-refractivity contribution in [2.45, 2.75) is 118 Å². The largest absolute Gasteiger partial charge is 0.462 e. The summed E-state index contributed by atoms with van der Waals surface area (Å²) in [5.74, 6) is -5.65. The lowest BCUT2D eigenvalue weighted by Gasteiger charge is -2.44. The van der Waals surface area contributed by atoms with Crippen molar-refractivity contribution >= 4 is 29.8 Å². The molecule has 1 aliphatic carbocycles. The van der Waals surface area contributed by atoms with Gasteiger partial charge in [0, 0.05) is 44.1 Å². The highest BCUT2D eigenvalue weighted by Crippen LogP contribution is 2.53. The standard InChI is InChI=1S/C32H50O13/c1-17(2)10-24(34)42-16-32(39)23(43-21(9)33)13-31(38)22(15-41-30(28(31)32)45-26(36)12-19(5)6)14-40-29(37)27(20(7)8)44-25(35)11-18(3)4/h15,17-20,23,27-28,30,38-39H,10-14,16H2,1-9H3/t23-,27?,28?,30-,31+,32+/m0/s1. The van der Waals surface area contributed by atoms with Crippen LogP contribution in [0, 0.1) is 29.6 Å². The molecule has 6 atom stereocenters. The maximum Gasteiger partial charge on any atom is 0.348 e. The molecule has 256 valence electrons. The van der Waals surface area contributed by atoms with E-state index in [1.165, 1.54) is 0 Å². The van der Waals surface area contributed by atoms with Gasteiger partial charge in [0.2, 0.25) is 6.10 Å². The molecule has 2 unspecified atom stereocenters. The molecule has 0 aromatic heterocycles. The van der Waals surface area contributed by atoms with Crippen LogP contribution in [0.1, 0.15) is 88.0 Å². The topological polar surface area (TPSA) is 181 Å². The molecule has 1 saturated carbocycles. The number of hydrogen-bond donors (Lipinski definition) is 2. The molecule has 2 rings (SSSR count). The lowest BCUT2D eigenvalue weighted by Crippen LogP contribution is -2.59. The van der Waals surface area contributed by atoms with Crippen molar-refractivity contribution in [1.29, 1.82) is 0 Å². The Kier molecular flexibility index (Phi) is 13.4. The number of carbonyl (C=O) groups is 5. The Morgan fingerprint density at radius 1 is 0.844 bits per heavy atom. The molecule has 1 heterocycles. The maximum atomic E-state index is 13.1. The summed E-state index contributed by atoms with van der Waals surface area (Å²) < 4.78 is 32.9. The summed E-state index contributed by atoms with van der Waals surface area (Å²) in [6.45, 7) is 14.1. The first-order valence-corrected chi connectivity index (χ1v) is 15.5. The third-order valence-corrected chi connectivity index (χ3v) is 7.49. The van der Waals surface area contributed by atoms with Gasteiger partial charge in [0.05, 0.1) is 6.26 Å². The van der Waals surface area contributed by atoms with Gasteiger partial charge in [-0.3, -0.25) is 19.2 Å². The Morgan fingerprint density at radius 3 is 1.93 bits per heavy atom. The van der Waals surface area contributed by atoms with Crippen molar-refractivity contribution in [2.24, 2.45) is 29.6 Å². The summed E-state index contributed by atoms with van der Waals surface area (Å²) in [5.41, 5.74) is -4.45. The van der Waals surface area contributed by atoms with Gasteiger partial charge < -0.3 is 38.6 Å². The minimum Gasteiger partial charge on any atom is -0.462 e. The van der Waals surface area contributed by atoms with Gasteiger partial charge in [0.25, 0.3) is 6.29 Å². The number of esters is 5. The summed E-state index contributed by atoms with van der Waals surface area (Å²) >= 11 is 0. The van der Waals surface area contributed by atoms with Crippen LogP contribution in [0.5, 0.6) is 0 Å². The van der Waals surface area contributed by atoms with E-state index in [2.05, 4.69) is 0 Å². The second-order valence-corrected chi connectivity index (χ2v) is 13.5. The Balaban J connectivity index is 2.45. The van der Waals surface area contributed by atoms with Gasteiger partial charge >= 0.3 is 29.8 Å². The molecule has 2 aliphatic rings. The van der Waals surface area contributed by atoms with Gasteiger partial charge in [-0.05, 0) is 17.8 Å². The highest BCUT2D eigenvalue weighted by Gasteiger charge is 2.70. The van der Waals surface area contributed by atoms with Gasteiger partial charge in [-0.15, -0.1) is 0 Å². The zero-order valence-corrected chi connectivity index (χ0v) is 27.8. The van der Waals surface area contributed by atoms with Gasteiger partial charge in [0.1, 0.15) is 36.4 Å². The summed E-state index contributed by atoms with van der Waals surface area (Å²) in [5, 5.41) is 24.2. The zero-order valence-electron chi connectivity index (χ0n) is 27.8. The number of fused-ring (bicyclic) bond motifs is 1. The fraction of sp³-hybridized carbons (Fsp3) is 0.781. The van der Waals surface area contributed by atoms with E-state index >= 15 is 0 Å². The van der Waals surface area contributed by atoms with Crippen molar-refractivity contribution in [3.63, 3.8) is 0 Å². The van der Waals surface area contributed by atoms with Crippen LogP contribution in [0.25, 0.3) is 0 Å². The minimum absolute atomic E-state index is 0.000486. The molecule has 1 aliphatic heterocycles. The fourth-order valence-electron chi connectivity index (χ4n) is 5.41. The third-order valence-electron chi connectivity index (χ3n) is 7.49. The van der Waals surface area contributed by atoms with Crippen molar-refractivity contribution < 1.29 is 62.6 Å². The number of ether oxygens (including phenoxy) is 6. The van der Waals surface area contributed by atoms with Crippen LogP contribution in [0.15, 0.2) is 11.8 Å². The monoisotopic (exact) mass is 642 g/mol. The average Bonchev–Trinajstić information content (AvgIpc) is 3.10. The molecule has 0 spiro atoms. The first-order chi connectivity index (χ1) is 20.8.